The molecule has 0 spiro atoms. The van der Waals surface area contributed by atoms with Crippen molar-refractivity contribution in [3.05, 3.63) is 94.6 Å². The zero-order valence-electron chi connectivity index (χ0n) is 20.8. The molecule has 3 rings (SSSR count). The molecule has 1 aliphatic rings. The molecule has 0 saturated heterocycles. The third kappa shape index (κ3) is 5.16. The number of aryl methyl sites for hydroxylation is 3. The maximum atomic E-state index is 10.1. The fraction of sp³-hybridized carbons (Fsp3) is 0.355. The molecule has 2 aromatic rings. The van der Waals surface area contributed by atoms with Gasteiger partial charge in [0.15, 0.2) is 5.41 Å². The molecule has 0 N–H and O–H groups in total. The van der Waals surface area contributed by atoms with Crippen molar-refractivity contribution in [1.29, 1.82) is 10.5 Å². The van der Waals surface area contributed by atoms with Crippen molar-refractivity contribution >= 4 is 6.08 Å². The number of allylic oxidation sites excluding steroid dienone is 4. The summed E-state index contributed by atoms with van der Waals surface area (Å²) in [7, 11) is 1.67. The van der Waals surface area contributed by atoms with Crippen molar-refractivity contribution in [2.24, 2.45) is 11.3 Å². The maximum absolute atomic E-state index is 10.1. The van der Waals surface area contributed by atoms with Crippen molar-refractivity contribution < 1.29 is 4.74 Å². The molecule has 0 aliphatic heterocycles. The summed E-state index contributed by atoms with van der Waals surface area (Å²) in [6.45, 7) is 10.3. The van der Waals surface area contributed by atoms with Crippen LogP contribution in [0.4, 0.5) is 0 Å². The molecule has 3 heteroatoms. The molecule has 0 fully saturated rings. The van der Waals surface area contributed by atoms with Crippen molar-refractivity contribution in [3.63, 3.8) is 0 Å². The Labute approximate surface area is 204 Å². The summed E-state index contributed by atoms with van der Waals surface area (Å²) in [5.41, 5.74) is 5.89. The first-order chi connectivity index (χ1) is 16.4. The fourth-order valence-electron chi connectivity index (χ4n) is 5.42. The van der Waals surface area contributed by atoms with E-state index in [1.54, 1.807) is 13.2 Å². The summed E-state index contributed by atoms with van der Waals surface area (Å²) in [5.74, 6) is 0.955. The first kappa shape index (κ1) is 25.1. The standard InChI is InChI=1S/C31H34N2O/c1-6-17-31(20-32,21-33)29-10-8-7-9-27(29)28(30-23(3)18-22(2)19-24(30)4)16-13-25-11-14-26(34-5)15-12-25/h6,10-16,18-19,27-28H,1,7-9,17H2,2-5H3/b16-13+/t27-,28+/m0/s1. The Kier molecular flexibility index (Phi) is 8.14. The van der Waals surface area contributed by atoms with E-state index in [1.807, 2.05) is 24.3 Å². The molecule has 0 amide bonds. The van der Waals surface area contributed by atoms with E-state index in [2.05, 4.69) is 69.8 Å². The largest absolute Gasteiger partial charge is 0.497 e. The van der Waals surface area contributed by atoms with Gasteiger partial charge in [-0.3, -0.25) is 0 Å². The highest BCUT2D eigenvalue weighted by Gasteiger charge is 2.41. The van der Waals surface area contributed by atoms with E-state index < -0.39 is 5.41 Å². The van der Waals surface area contributed by atoms with Gasteiger partial charge >= 0.3 is 0 Å². The lowest BCUT2D eigenvalue weighted by atomic mass is 9.64. The van der Waals surface area contributed by atoms with Gasteiger partial charge in [0.05, 0.1) is 19.2 Å². The summed E-state index contributed by atoms with van der Waals surface area (Å²) in [6.07, 6.45) is 11.5. The highest BCUT2D eigenvalue weighted by Crippen LogP contribution is 2.48. The van der Waals surface area contributed by atoms with E-state index in [0.29, 0.717) is 6.42 Å². The lowest BCUT2D eigenvalue weighted by molar-refractivity contribution is 0.404. The number of rotatable bonds is 8. The van der Waals surface area contributed by atoms with Crippen LogP contribution in [0, 0.1) is 54.8 Å². The highest BCUT2D eigenvalue weighted by atomic mass is 16.5. The van der Waals surface area contributed by atoms with Crippen molar-refractivity contribution in [2.75, 3.05) is 7.11 Å². The minimum atomic E-state index is -1.18. The van der Waals surface area contributed by atoms with Crippen LogP contribution in [0.1, 0.15) is 59.4 Å². The second kappa shape index (κ2) is 11.0. The number of benzene rings is 2. The number of ether oxygens (including phenoxy) is 1. The smallest absolute Gasteiger partial charge is 0.168 e. The molecule has 0 bridgehead atoms. The van der Waals surface area contributed by atoms with Crippen molar-refractivity contribution in [3.8, 4) is 17.9 Å². The van der Waals surface area contributed by atoms with Crippen LogP contribution < -0.4 is 4.74 Å². The van der Waals surface area contributed by atoms with E-state index in [-0.39, 0.29) is 11.8 Å². The van der Waals surface area contributed by atoms with Crippen LogP contribution in [0.15, 0.2) is 66.8 Å². The number of methoxy groups -OCH3 is 1. The number of hydrogen-bond acceptors (Lipinski definition) is 3. The summed E-state index contributed by atoms with van der Waals surface area (Å²) in [5, 5.41) is 20.3. The van der Waals surface area contributed by atoms with E-state index >= 15 is 0 Å². The Morgan fingerprint density at radius 2 is 1.76 bits per heavy atom. The second-order valence-corrected chi connectivity index (χ2v) is 9.29. The van der Waals surface area contributed by atoms with E-state index in [4.69, 9.17) is 4.74 Å². The zero-order valence-corrected chi connectivity index (χ0v) is 20.8. The van der Waals surface area contributed by atoms with Gasteiger partial charge in [-0.05, 0) is 85.9 Å². The lowest BCUT2D eigenvalue weighted by Gasteiger charge is -2.37. The predicted octanol–water partition coefficient (Wildman–Crippen LogP) is 7.75. The lowest BCUT2D eigenvalue weighted by Crippen LogP contribution is -2.30. The van der Waals surface area contributed by atoms with Gasteiger partial charge in [0.25, 0.3) is 0 Å². The van der Waals surface area contributed by atoms with Crippen LogP contribution in [-0.2, 0) is 0 Å². The SMILES string of the molecule is C=CCC(C#N)(C#N)C1=CCCC[C@H]1[C@@H](/C=C/c1ccc(OC)cc1)c1c(C)cc(C)cc1C. The molecule has 34 heavy (non-hydrogen) atoms. The van der Waals surface area contributed by atoms with Crippen LogP contribution in [0.2, 0.25) is 0 Å². The first-order valence-electron chi connectivity index (χ1n) is 11.9. The first-order valence-corrected chi connectivity index (χ1v) is 11.9. The third-order valence-electron chi connectivity index (χ3n) is 6.92. The van der Waals surface area contributed by atoms with Gasteiger partial charge in [-0.25, -0.2) is 0 Å². The average Bonchev–Trinajstić information content (AvgIpc) is 2.84. The van der Waals surface area contributed by atoms with Crippen molar-refractivity contribution in [1.82, 2.24) is 0 Å². The topological polar surface area (TPSA) is 56.8 Å². The molecular weight excluding hydrogens is 416 g/mol. The summed E-state index contributed by atoms with van der Waals surface area (Å²) >= 11 is 0. The molecule has 2 atom stereocenters. The van der Waals surface area contributed by atoms with E-state index in [1.165, 1.54) is 22.3 Å². The third-order valence-corrected chi connectivity index (χ3v) is 6.92. The molecule has 0 aromatic heterocycles. The molecular formula is C31H34N2O. The normalized spacial score (nSPS) is 16.9. The summed E-state index contributed by atoms with van der Waals surface area (Å²) in [6, 6.07) is 17.2. The van der Waals surface area contributed by atoms with E-state index in [9.17, 15) is 10.5 Å². The molecule has 0 radical (unpaired) electrons. The van der Waals surface area contributed by atoms with Crippen LogP contribution in [-0.4, -0.2) is 7.11 Å². The number of nitrogens with zero attached hydrogens (tertiary/aromatic N) is 2. The molecule has 1 aliphatic carbocycles. The Balaban J connectivity index is 2.16. The number of nitriles is 2. The van der Waals surface area contributed by atoms with Crippen LogP contribution >= 0.6 is 0 Å². The summed E-state index contributed by atoms with van der Waals surface area (Å²) in [4.78, 5) is 0. The average molecular weight is 451 g/mol. The van der Waals surface area contributed by atoms with Gasteiger partial charge in [-0.15, -0.1) is 6.58 Å². The highest BCUT2D eigenvalue weighted by molar-refractivity contribution is 5.55. The van der Waals surface area contributed by atoms with Crippen molar-refractivity contribution in [2.45, 2.75) is 52.4 Å². The molecule has 0 heterocycles. The minimum absolute atomic E-state index is 0.0557. The molecule has 0 unspecified atom stereocenters. The van der Waals surface area contributed by atoms with Crippen LogP contribution in [0.25, 0.3) is 6.08 Å². The number of hydrogen-bond donors (Lipinski definition) is 0. The monoisotopic (exact) mass is 450 g/mol. The summed E-state index contributed by atoms with van der Waals surface area (Å²) < 4.78 is 5.30. The minimum Gasteiger partial charge on any atom is -0.497 e. The van der Waals surface area contributed by atoms with Gasteiger partial charge in [0.1, 0.15) is 5.75 Å². The van der Waals surface area contributed by atoms with Gasteiger partial charge in [0, 0.05) is 12.3 Å². The van der Waals surface area contributed by atoms with E-state index in [0.717, 1.165) is 36.1 Å². The van der Waals surface area contributed by atoms with Gasteiger partial charge in [0.2, 0.25) is 0 Å². The Bertz CT molecular complexity index is 1130. The second-order valence-electron chi connectivity index (χ2n) is 9.29. The maximum Gasteiger partial charge on any atom is 0.168 e. The Morgan fingerprint density at radius 3 is 2.32 bits per heavy atom. The fourth-order valence-corrected chi connectivity index (χ4v) is 5.42. The Hall–Kier alpha value is -3.56. The molecule has 174 valence electrons. The molecule has 2 aromatic carbocycles. The quantitative estimate of drug-likeness (QED) is 0.386. The van der Waals surface area contributed by atoms with Crippen LogP contribution in [0.3, 0.4) is 0 Å². The zero-order chi connectivity index (χ0) is 24.7. The van der Waals surface area contributed by atoms with Gasteiger partial charge < -0.3 is 4.74 Å². The predicted molar refractivity (Wildman–Crippen MR) is 139 cm³/mol. The molecule has 3 nitrogen and oxygen atoms in total. The van der Waals surface area contributed by atoms with Gasteiger partial charge in [-0.2, -0.15) is 10.5 Å². The van der Waals surface area contributed by atoms with Gasteiger partial charge in [-0.1, -0.05) is 54.1 Å². The Morgan fingerprint density at radius 1 is 1.12 bits per heavy atom. The molecule has 0 saturated carbocycles. The van der Waals surface area contributed by atoms with Crippen LogP contribution in [0.5, 0.6) is 5.75 Å².